The average Bonchev–Trinajstić information content (AvgIpc) is 3.10. The van der Waals surface area contributed by atoms with Gasteiger partial charge in [-0.15, -0.1) is 0 Å². The molecular weight excluding hydrogens is 340 g/mol. The van der Waals surface area contributed by atoms with E-state index in [2.05, 4.69) is 15.7 Å². The third-order valence-corrected chi connectivity index (χ3v) is 5.49. The van der Waals surface area contributed by atoms with Crippen molar-refractivity contribution in [2.75, 3.05) is 0 Å². The molecule has 0 spiro atoms. The number of ether oxygens (including phenoxy) is 1. The number of fused-ring (bicyclic) bond motifs is 1. The van der Waals surface area contributed by atoms with E-state index in [1.54, 1.807) is 6.20 Å². The summed E-state index contributed by atoms with van der Waals surface area (Å²) >= 11 is 0. The summed E-state index contributed by atoms with van der Waals surface area (Å²) in [5, 5.41) is 9.16. The van der Waals surface area contributed by atoms with Crippen LogP contribution in [0.2, 0.25) is 0 Å². The first kappa shape index (κ1) is 17.6. The van der Waals surface area contributed by atoms with Crippen LogP contribution >= 0.6 is 0 Å². The highest BCUT2D eigenvalue weighted by molar-refractivity contribution is 5.77. The first-order chi connectivity index (χ1) is 13.2. The van der Waals surface area contributed by atoms with Crippen molar-refractivity contribution in [3.8, 4) is 5.75 Å². The maximum Gasteiger partial charge on any atom is 0.306 e. The molecule has 140 valence electrons. The summed E-state index contributed by atoms with van der Waals surface area (Å²) in [6, 6.07) is 14.2. The Bertz CT molecular complexity index is 912. The van der Waals surface area contributed by atoms with E-state index >= 15 is 0 Å². The van der Waals surface area contributed by atoms with Crippen molar-refractivity contribution in [2.45, 2.75) is 38.8 Å². The van der Waals surface area contributed by atoms with Crippen molar-refractivity contribution >= 4 is 17.0 Å². The van der Waals surface area contributed by atoms with Crippen LogP contribution in [0.15, 0.2) is 54.9 Å². The minimum Gasteiger partial charge on any atom is -0.487 e. The van der Waals surface area contributed by atoms with Crippen LogP contribution in [0.3, 0.4) is 0 Å². The lowest BCUT2D eigenvalue weighted by molar-refractivity contribution is -0.143. The summed E-state index contributed by atoms with van der Waals surface area (Å²) in [5.41, 5.74) is 3.16. The fourth-order valence-electron chi connectivity index (χ4n) is 3.89. The van der Waals surface area contributed by atoms with Crippen LogP contribution in [-0.4, -0.2) is 20.6 Å². The molecule has 0 amide bonds. The predicted octanol–water partition coefficient (Wildman–Crippen LogP) is 4.51. The number of benzene rings is 1. The summed E-state index contributed by atoms with van der Waals surface area (Å²) in [6.07, 6.45) is 7.34. The van der Waals surface area contributed by atoms with Gasteiger partial charge in [0.15, 0.2) is 0 Å². The van der Waals surface area contributed by atoms with E-state index < -0.39 is 5.97 Å². The molecule has 0 unspecified atom stereocenters. The summed E-state index contributed by atoms with van der Waals surface area (Å²) < 4.78 is 8.14. The van der Waals surface area contributed by atoms with E-state index in [9.17, 15) is 4.79 Å². The van der Waals surface area contributed by atoms with Crippen LogP contribution in [0, 0.1) is 11.8 Å². The van der Waals surface area contributed by atoms with Crippen molar-refractivity contribution in [1.82, 2.24) is 9.55 Å². The number of hydrogen-bond acceptors (Lipinski definition) is 3. The number of aliphatic carboxylic acids is 1. The molecular formula is C22H24N2O3. The Morgan fingerprint density at radius 3 is 2.67 bits per heavy atom. The molecule has 1 N–H and O–H groups in total. The average molecular weight is 364 g/mol. The summed E-state index contributed by atoms with van der Waals surface area (Å²) in [4.78, 5) is 15.6. The second-order valence-corrected chi connectivity index (χ2v) is 7.37. The Kier molecular flexibility index (Phi) is 5.10. The normalized spacial score (nSPS) is 19.9. The van der Waals surface area contributed by atoms with Gasteiger partial charge in [-0.3, -0.25) is 9.78 Å². The highest BCUT2D eigenvalue weighted by Gasteiger charge is 2.26. The van der Waals surface area contributed by atoms with Crippen molar-refractivity contribution < 1.29 is 14.6 Å². The lowest BCUT2D eigenvalue weighted by Gasteiger charge is -2.26. The minimum atomic E-state index is -0.649. The highest BCUT2D eigenvalue weighted by Crippen LogP contribution is 2.31. The van der Waals surface area contributed by atoms with E-state index in [1.807, 2.05) is 42.5 Å². The molecule has 3 aromatic rings. The molecule has 2 aromatic heterocycles. The van der Waals surface area contributed by atoms with E-state index in [4.69, 9.17) is 9.84 Å². The molecule has 1 aliphatic rings. The molecule has 0 aliphatic heterocycles. The van der Waals surface area contributed by atoms with E-state index in [0.29, 0.717) is 12.5 Å². The van der Waals surface area contributed by atoms with Crippen LogP contribution in [0.5, 0.6) is 5.75 Å². The summed E-state index contributed by atoms with van der Waals surface area (Å²) in [7, 11) is 0. The molecule has 0 atom stereocenters. The SMILES string of the molecule is O=C(O)[C@H]1CC[C@H](Cn2ccc3ncc(OCc4ccccc4)cc32)CC1. The molecule has 1 aliphatic carbocycles. The maximum absolute atomic E-state index is 11.1. The van der Waals surface area contributed by atoms with Crippen LogP contribution in [0.25, 0.3) is 11.0 Å². The van der Waals surface area contributed by atoms with E-state index in [-0.39, 0.29) is 5.92 Å². The third-order valence-electron chi connectivity index (χ3n) is 5.49. The van der Waals surface area contributed by atoms with Gasteiger partial charge in [0.05, 0.1) is 23.1 Å². The molecule has 0 saturated heterocycles. The molecule has 27 heavy (non-hydrogen) atoms. The number of hydrogen-bond donors (Lipinski definition) is 1. The van der Waals surface area contributed by atoms with Gasteiger partial charge < -0.3 is 14.4 Å². The number of rotatable bonds is 6. The maximum atomic E-state index is 11.1. The predicted molar refractivity (Wildman–Crippen MR) is 104 cm³/mol. The number of aromatic nitrogens is 2. The number of carboxylic acids is 1. The molecule has 0 bridgehead atoms. The van der Waals surface area contributed by atoms with Gasteiger partial charge in [0.2, 0.25) is 0 Å². The Morgan fingerprint density at radius 2 is 1.93 bits per heavy atom. The van der Waals surface area contributed by atoms with Crippen molar-refractivity contribution in [3.05, 3.63) is 60.4 Å². The molecule has 1 aromatic carbocycles. The fourth-order valence-corrected chi connectivity index (χ4v) is 3.89. The highest BCUT2D eigenvalue weighted by atomic mass is 16.5. The van der Waals surface area contributed by atoms with Gasteiger partial charge in [-0.2, -0.15) is 0 Å². The molecule has 1 saturated carbocycles. The van der Waals surface area contributed by atoms with Gasteiger partial charge in [-0.25, -0.2) is 0 Å². The Morgan fingerprint density at radius 1 is 1.15 bits per heavy atom. The standard InChI is InChI=1S/C22H24N2O3/c25-22(26)18-8-6-16(7-9-18)14-24-11-10-20-21(24)12-19(13-23-20)27-15-17-4-2-1-3-5-17/h1-5,10-13,16,18H,6-9,14-15H2,(H,25,26)/t16-,18-. The van der Waals surface area contributed by atoms with E-state index in [1.165, 1.54) is 0 Å². The van der Waals surface area contributed by atoms with Crippen LogP contribution < -0.4 is 4.74 Å². The van der Waals surface area contributed by atoms with Crippen molar-refractivity contribution in [2.24, 2.45) is 11.8 Å². The summed E-state index contributed by atoms with van der Waals surface area (Å²) in [6.45, 7) is 1.42. The fraction of sp³-hybridized carbons (Fsp3) is 0.364. The Labute approximate surface area is 158 Å². The van der Waals surface area contributed by atoms with Gasteiger partial charge in [-0.05, 0) is 43.2 Å². The largest absolute Gasteiger partial charge is 0.487 e. The first-order valence-electron chi connectivity index (χ1n) is 9.53. The van der Waals surface area contributed by atoms with E-state index in [0.717, 1.165) is 54.6 Å². The molecule has 5 heteroatoms. The topological polar surface area (TPSA) is 64.3 Å². The number of carbonyl (C=O) groups is 1. The first-order valence-corrected chi connectivity index (χ1v) is 9.53. The van der Waals surface area contributed by atoms with Gasteiger partial charge in [0, 0.05) is 18.8 Å². The molecule has 2 heterocycles. The second kappa shape index (κ2) is 7.82. The van der Waals surface area contributed by atoms with Crippen molar-refractivity contribution in [3.63, 3.8) is 0 Å². The zero-order chi connectivity index (χ0) is 18.6. The lowest BCUT2D eigenvalue weighted by Crippen LogP contribution is -2.23. The van der Waals surface area contributed by atoms with Gasteiger partial charge >= 0.3 is 5.97 Å². The molecule has 5 nitrogen and oxygen atoms in total. The van der Waals surface area contributed by atoms with Crippen LogP contribution in [-0.2, 0) is 17.9 Å². The lowest BCUT2D eigenvalue weighted by atomic mass is 9.82. The minimum absolute atomic E-state index is 0.165. The molecule has 4 rings (SSSR count). The molecule has 1 fully saturated rings. The summed E-state index contributed by atoms with van der Waals surface area (Å²) in [5.74, 6) is 0.470. The Balaban J connectivity index is 1.43. The Hall–Kier alpha value is -2.82. The molecule has 0 radical (unpaired) electrons. The monoisotopic (exact) mass is 364 g/mol. The number of carboxylic acid groups (broad SMARTS) is 1. The smallest absolute Gasteiger partial charge is 0.306 e. The van der Waals surface area contributed by atoms with Gasteiger partial charge in [0.25, 0.3) is 0 Å². The zero-order valence-electron chi connectivity index (χ0n) is 15.3. The number of nitrogens with zero attached hydrogens (tertiary/aromatic N) is 2. The quantitative estimate of drug-likeness (QED) is 0.699. The third kappa shape index (κ3) is 4.13. The zero-order valence-corrected chi connectivity index (χ0v) is 15.3. The number of pyridine rings is 1. The van der Waals surface area contributed by atoms with Crippen molar-refractivity contribution in [1.29, 1.82) is 0 Å². The van der Waals surface area contributed by atoms with Crippen LogP contribution in [0.4, 0.5) is 0 Å². The van der Waals surface area contributed by atoms with Crippen LogP contribution in [0.1, 0.15) is 31.2 Å². The second-order valence-electron chi connectivity index (χ2n) is 7.37. The van der Waals surface area contributed by atoms with Gasteiger partial charge in [0.1, 0.15) is 12.4 Å². The van der Waals surface area contributed by atoms with Gasteiger partial charge in [-0.1, -0.05) is 30.3 Å².